The topological polar surface area (TPSA) is 67.2 Å². The van der Waals surface area contributed by atoms with E-state index in [1.165, 1.54) is 11.1 Å². The molecule has 1 atom stereocenters. The van der Waals surface area contributed by atoms with Crippen molar-refractivity contribution in [2.45, 2.75) is 19.9 Å². The van der Waals surface area contributed by atoms with Crippen molar-refractivity contribution in [3.05, 3.63) is 59.2 Å². The number of carbonyl (C=O) groups excluding carboxylic acids is 1. The van der Waals surface area contributed by atoms with Gasteiger partial charge in [0.2, 0.25) is 0 Å². The summed E-state index contributed by atoms with van der Waals surface area (Å²) in [6.07, 6.45) is 0. The van der Waals surface area contributed by atoms with Gasteiger partial charge in [-0.15, -0.1) is 0 Å². The standard InChI is InChI=1S/C17H21N3O/c1-11-6-4-5-7-14(11)12(2)20-16-9-8-13(10-15(16)18)17(21)19-3/h4-10,12,20H,18H2,1-3H3,(H,19,21). The smallest absolute Gasteiger partial charge is 0.251 e. The molecule has 2 rings (SSSR count). The highest BCUT2D eigenvalue weighted by Crippen LogP contribution is 2.26. The molecule has 0 bridgehead atoms. The average Bonchev–Trinajstić information content (AvgIpc) is 2.48. The van der Waals surface area contributed by atoms with E-state index in [-0.39, 0.29) is 11.9 Å². The van der Waals surface area contributed by atoms with Crippen LogP contribution in [-0.4, -0.2) is 13.0 Å². The minimum absolute atomic E-state index is 0.138. The van der Waals surface area contributed by atoms with Gasteiger partial charge in [0.25, 0.3) is 5.91 Å². The largest absolute Gasteiger partial charge is 0.397 e. The van der Waals surface area contributed by atoms with Crippen molar-refractivity contribution < 1.29 is 4.79 Å². The van der Waals surface area contributed by atoms with Gasteiger partial charge in [0.1, 0.15) is 0 Å². The van der Waals surface area contributed by atoms with E-state index in [1.54, 1.807) is 19.2 Å². The van der Waals surface area contributed by atoms with E-state index in [9.17, 15) is 4.79 Å². The van der Waals surface area contributed by atoms with Crippen LogP contribution in [0.1, 0.15) is 34.5 Å². The van der Waals surface area contributed by atoms with Crippen LogP contribution in [0.5, 0.6) is 0 Å². The van der Waals surface area contributed by atoms with Gasteiger partial charge in [0.15, 0.2) is 0 Å². The zero-order chi connectivity index (χ0) is 15.4. The van der Waals surface area contributed by atoms with E-state index in [4.69, 9.17) is 5.73 Å². The molecule has 0 aliphatic heterocycles. The number of nitrogens with one attached hydrogen (secondary N) is 2. The number of nitrogens with two attached hydrogens (primary N) is 1. The Hall–Kier alpha value is -2.49. The lowest BCUT2D eigenvalue weighted by Crippen LogP contribution is -2.18. The molecule has 2 aromatic rings. The van der Waals surface area contributed by atoms with E-state index in [0.29, 0.717) is 11.3 Å². The van der Waals surface area contributed by atoms with Crippen molar-refractivity contribution in [2.24, 2.45) is 0 Å². The van der Waals surface area contributed by atoms with Crippen LogP contribution in [0.4, 0.5) is 11.4 Å². The molecule has 1 amide bonds. The Morgan fingerprint density at radius 1 is 1.19 bits per heavy atom. The molecule has 0 aliphatic carbocycles. The molecule has 0 saturated carbocycles. The molecule has 0 fully saturated rings. The van der Waals surface area contributed by atoms with Crippen LogP contribution in [0.25, 0.3) is 0 Å². The third-order valence-corrected chi connectivity index (χ3v) is 3.57. The summed E-state index contributed by atoms with van der Waals surface area (Å²) < 4.78 is 0. The highest BCUT2D eigenvalue weighted by Gasteiger charge is 2.11. The molecular formula is C17H21N3O. The lowest BCUT2D eigenvalue weighted by atomic mass is 10.0. The molecule has 1 unspecified atom stereocenters. The highest BCUT2D eigenvalue weighted by molar-refractivity contribution is 5.95. The maximum absolute atomic E-state index is 11.6. The van der Waals surface area contributed by atoms with Gasteiger partial charge in [-0.2, -0.15) is 0 Å². The van der Waals surface area contributed by atoms with Crippen LogP contribution in [0.3, 0.4) is 0 Å². The molecule has 0 heterocycles. The van der Waals surface area contributed by atoms with Crippen LogP contribution in [-0.2, 0) is 0 Å². The van der Waals surface area contributed by atoms with Crippen LogP contribution < -0.4 is 16.4 Å². The number of hydrogen-bond acceptors (Lipinski definition) is 3. The average molecular weight is 283 g/mol. The molecule has 0 aromatic heterocycles. The summed E-state index contributed by atoms with van der Waals surface area (Å²) in [7, 11) is 1.60. The fourth-order valence-electron chi connectivity index (χ4n) is 2.36. The summed E-state index contributed by atoms with van der Waals surface area (Å²) in [4.78, 5) is 11.6. The summed E-state index contributed by atoms with van der Waals surface area (Å²) in [6, 6.07) is 13.7. The first kappa shape index (κ1) is 14.9. The van der Waals surface area contributed by atoms with Crippen molar-refractivity contribution in [1.29, 1.82) is 0 Å². The van der Waals surface area contributed by atoms with Gasteiger partial charge in [-0.05, 0) is 43.2 Å². The molecular weight excluding hydrogens is 262 g/mol. The van der Waals surface area contributed by atoms with Crippen LogP contribution >= 0.6 is 0 Å². The number of carbonyl (C=O) groups is 1. The Bertz CT molecular complexity index is 652. The van der Waals surface area contributed by atoms with Gasteiger partial charge in [-0.3, -0.25) is 4.79 Å². The third kappa shape index (κ3) is 3.34. The number of hydrogen-bond donors (Lipinski definition) is 3. The Morgan fingerprint density at radius 3 is 2.52 bits per heavy atom. The lowest BCUT2D eigenvalue weighted by Gasteiger charge is -2.19. The number of rotatable bonds is 4. The van der Waals surface area contributed by atoms with Gasteiger partial charge in [0, 0.05) is 18.7 Å². The van der Waals surface area contributed by atoms with Crippen molar-refractivity contribution in [3.63, 3.8) is 0 Å². The van der Waals surface area contributed by atoms with Crippen LogP contribution in [0, 0.1) is 6.92 Å². The summed E-state index contributed by atoms with van der Waals surface area (Å²) in [5, 5.41) is 5.98. The minimum atomic E-state index is -0.139. The Labute approximate surface area is 125 Å². The monoisotopic (exact) mass is 283 g/mol. The maximum Gasteiger partial charge on any atom is 0.251 e. The van der Waals surface area contributed by atoms with Gasteiger partial charge in [-0.25, -0.2) is 0 Å². The quantitative estimate of drug-likeness (QED) is 0.755. The third-order valence-electron chi connectivity index (χ3n) is 3.57. The summed E-state index contributed by atoms with van der Waals surface area (Å²) in [6.45, 7) is 4.18. The van der Waals surface area contributed by atoms with Crippen molar-refractivity contribution in [3.8, 4) is 0 Å². The van der Waals surface area contributed by atoms with E-state index >= 15 is 0 Å². The summed E-state index contributed by atoms with van der Waals surface area (Å²) in [5.41, 5.74) is 10.5. The molecule has 4 nitrogen and oxygen atoms in total. The molecule has 4 heteroatoms. The van der Waals surface area contributed by atoms with Gasteiger partial charge in [0.05, 0.1) is 11.4 Å². The molecule has 2 aromatic carbocycles. The zero-order valence-electron chi connectivity index (χ0n) is 12.6. The molecule has 0 radical (unpaired) electrons. The van der Waals surface area contributed by atoms with E-state index in [0.717, 1.165) is 5.69 Å². The second kappa shape index (κ2) is 6.31. The van der Waals surface area contributed by atoms with E-state index < -0.39 is 0 Å². The fraction of sp³-hybridized carbons (Fsp3) is 0.235. The number of anilines is 2. The number of amides is 1. The predicted molar refractivity (Wildman–Crippen MR) is 87.5 cm³/mol. The molecule has 110 valence electrons. The van der Waals surface area contributed by atoms with E-state index in [1.807, 2.05) is 18.2 Å². The van der Waals surface area contributed by atoms with Crippen molar-refractivity contribution >= 4 is 17.3 Å². The van der Waals surface area contributed by atoms with E-state index in [2.05, 4.69) is 36.6 Å². The van der Waals surface area contributed by atoms with Gasteiger partial charge >= 0.3 is 0 Å². The zero-order valence-corrected chi connectivity index (χ0v) is 12.6. The maximum atomic E-state index is 11.6. The Morgan fingerprint density at radius 2 is 1.90 bits per heavy atom. The molecule has 4 N–H and O–H groups in total. The number of aryl methyl sites for hydroxylation is 1. The first-order valence-corrected chi connectivity index (χ1v) is 6.96. The van der Waals surface area contributed by atoms with Crippen molar-refractivity contribution in [2.75, 3.05) is 18.1 Å². The molecule has 0 saturated heterocycles. The molecule has 0 spiro atoms. The summed E-state index contributed by atoms with van der Waals surface area (Å²) >= 11 is 0. The first-order chi connectivity index (χ1) is 10.0. The number of nitrogen functional groups attached to an aromatic ring is 1. The second-order valence-corrected chi connectivity index (χ2v) is 5.10. The molecule has 21 heavy (non-hydrogen) atoms. The SMILES string of the molecule is CNC(=O)c1ccc(NC(C)c2ccccc2C)c(N)c1. The Balaban J connectivity index is 2.20. The second-order valence-electron chi connectivity index (χ2n) is 5.10. The first-order valence-electron chi connectivity index (χ1n) is 6.96. The van der Waals surface area contributed by atoms with Gasteiger partial charge in [-0.1, -0.05) is 24.3 Å². The highest BCUT2D eigenvalue weighted by atomic mass is 16.1. The van der Waals surface area contributed by atoms with Crippen LogP contribution in [0.15, 0.2) is 42.5 Å². The minimum Gasteiger partial charge on any atom is -0.397 e. The van der Waals surface area contributed by atoms with Crippen molar-refractivity contribution in [1.82, 2.24) is 5.32 Å². The lowest BCUT2D eigenvalue weighted by molar-refractivity contribution is 0.0963. The predicted octanol–water partition coefficient (Wildman–Crippen LogP) is 3.11. The fourth-order valence-corrected chi connectivity index (χ4v) is 2.36. The summed E-state index contributed by atoms with van der Waals surface area (Å²) in [5.74, 6) is -0.139. The Kier molecular flexibility index (Phi) is 4.48. The molecule has 0 aliphatic rings. The normalized spacial score (nSPS) is 11.8. The van der Waals surface area contributed by atoms with Gasteiger partial charge < -0.3 is 16.4 Å². The van der Waals surface area contributed by atoms with Crippen LogP contribution in [0.2, 0.25) is 0 Å². The number of benzene rings is 2.